The van der Waals surface area contributed by atoms with Gasteiger partial charge in [0.2, 0.25) is 17.7 Å². The number of carboxylic acid groups (broad SMARTS) is 1. The van der Waals surface area contributed by atoms with Gasteiger partial charge in [-0.15, -0.1) is 0 Å². The second-order valence-electron chi connectivity index (χ2n) is 8.54. The predicted molar refractivity (Wildman–Crippen MR) is 119 cm³/mol. The first-order valence-corrected chi connectivity index (χ1v) is 11.0. The van der Waals surface area contributed by atoms with E-state index in [1.54, 1.807) is 6.92 Å². The van der Waals surface area contributed by atoms with Crippen LogP contribution in [0.1, 0.15) is 66.7 Å². The lowest BCUT2D eigenvalue weighted by Crippen LogP contribution is -2.57. The van der Waals surface area contributed by atoms with Gasteiger partial charge < -0.3 is 32.5 Å². The molecule has 0 heterocycles. The largest absolute Gasteiger partial charge is 0.480 e. The maximum absolute atomic E-state index is 12.9. The fourth-order valence-corrected chi connectivity index (χ4v) is 2.98. The molecule has 0 aliphatic carbocycles. The number of nitrogens with two attached hydrogens (primary N) is 2. The van der Waals surface area contributed by atoms with Gasteiger partial charge in [0, 0.05) is 0 Å². The molecular formula is C21H41N5O5. The molecule has 0 aliphatic rings. The number of hydrogen-bond acceptors (Lipinski definition) is 6. The molecule has 0 aromatic heterocycles. The minimum Gasteiger partial charge on any atom is -0.480 e. The molecule has 5 atom stereocenters. The van der Waals surface area contributed by atoms with Crippen LogP contribution in [-0.2, 0) is 19.2 Å². The fraction of sp³-hybridized carbons (Fsp3) is 0.810. The first-order chi connectivity index (χ1) is 14.4. The third-order valence-corrected chi connectivity index (χ3v) is 5.11. The Balaban J connectivity index is 5.47. The standard InChI is InChI=1S/C21H41N5O5/c1-6-13(4)17(21(30)31)26-19(28)15(9-7-8-10-22)24-20(29)16(11-12(2)3)25-18(27)14(5)23/h12-17H,6-11,22-23H2,1-5H3,(H,24,29)(H,25,27)(H,26,28)(H,30,31). The van der Waals surface area contributed by atoms with Crippen LogP contribution >= 0.6 is 0 Å². The lowest BCUT2D eigenvalue weighted by Gasteiger charge is -2.27. The van der Waals surface area contributed by atoms with Crippen molar-refractivity contribution in [2.75, 3.05) is 6.54 Å². The lowest BCUT2D eigenvalue weighted by molar-refractivity contribution is -0.144. The first-order valence-electron chi connectivity index (χ1n) is 11.0. The van der Waals surface area contributed by atoms with Crippen molar-refractivity contribution in [3.8, 4) is 0 Å². The van der Waals surface area contributed by atoms with E-state index in [9.17, 15) is 24.3 Å². The zero-order chi connectivity index (χ0) is 24.1. The van der Waals surface area contributed by atoms with Gasteiger partial charge in [-0.25, -0.2) is 4.79 Å². The summed E-state index contributed by atoms with van der Waals surface area (Å²) in [6, 6.07) is -3.63. The van der Waals surface area contributed by atoms with E-state index in [4.69, 9.17) is 11.5 Å². The van der Waals surface area contributed by atoms with Crippen molar-refractivity contribution in [1.82, 2.24) is 16.0 Å². The van der Waals surface area contributed by atoms with Crippen molar-refractivity contribution in [3.05, 3.63) is 0 Å². The highest BCUT2D eigenvalue weighted by Crippen LogP contribution is 2.11. The van der Waals surface area contributed by atoms with Gasteiger partial charge in [-0.3, -0.25) is 14.4 Å². The van der Waals surface area contributed by atoms with E-state index in [0.29, 0.717) is 38.6 Å². The number of amides is 3. The quantitative estimate of drug-likeness (QED) is 0.194. The summed E-state index contributed by atoms with van der Waals surface area (Å²) in [5.74, 6) is -2.84. The van der Waals surface area contributed by atoms with Gasteiger partial charge in [-0.2, -0.15) is 0 Å². The molecule has 0 radical (unpaired) electrons. The molecule has 0 aromatic carbocycles. The molecule has 0 rings (SSSR count). The average Bonchev–Trinajstić information content (AvgIpc) is 2.69. The molecule has 0 spiro atoms. The van der Waals surface area contributed by atoms with Crippen LogP contribution in [0.3, 0.4) is 0 Å². The first kappa shape index (κ1) is 28.8. The Bertz CT molecular complexity index is 597. The summed E-state index contributed by atoms with van der Waals surface area (Å²) in [6.07, 6.45) is 2.48. The monoisotopic (exact) mass is 443 g/mol. The predicted octanol–water partition coefficient (Wildman–Crippen LogP) is 0.0938. The van der Waals surface area contributed by atoms with Gasteiger partial charge in [0.05, 0.1) is 6.04 Å². The highest BCUT2D eigenvalue weighted by molar-refractivity contribution is 5.94. The van der Waals surface area contributed by atoms with Crippen molar-refractivity contribution in [3.63, 3.8) is 0 Å². The smallest absolute Gasteiger partial charge is 0.326 e. The Morgan fingerprint density at radius 3 is 1.87 bits per heavy atom. The third kappa shape index (κ3) is 11.1. The number of carbonyl (C=O) groups is 4. The van der Waals surface area contributed by atoms with Crippen molar-refractivity contribution in [2.24, 2.45) is 23.3 Å². The van der Waals surface area contributed by atoms with Gasteiger partial charge in [-0.1, -0.05) is 34.1 Å². The van der Waals surface area contributed by atoms with E-state index in [-0.39, 0.29) is 11.8 Å². The molecule has 10 nitrogen and oxygen atoms in total. The minimum atomic E-state index is -1.13. The topological polar surface area (TPSA) is 177 Å². The molecule has 0 saturated carbocycles. The average molecular weight is 444 g/mol. The number of aliphatic carboxylic acids is 1. The molecule has 0 fully saturated rings. The molecule has 3 amide bonds. The summed E-state index contributed by atoms with van der Waals surface area (Å²) >= 11 is 0. The summed E-state index contributed by atoms with van der Waals surface area (Å²) in [5, 5.41) is 17.3. The Hall–Kier alpha value is -2.20. The van der Waals surface area contributed by atoms with Crippen LogP contribution in [0.4, 0.5) is 0 Å². The third-order valence-electron chi connectivity index (χ3n) is 5.11. The number of carbonyl (C=O) groups excluding carboxylic acids is 3. The van der Waals surface area contributed by atoms with Crippen LogP contribution in [0, 0.1) is 11.8 Å². The summed E-state index contributed by atoms with van der Waals surface area (Å²) in [6.45, 7) is 9.35. The lowest BCUT2D eigenvalue weighted by atomic mass is 9.98. The molecule has 8 N–H and O–H groups in total. The molecule has 180 valence electrons. The van der Waals surface area contributed by atoms with E-state index < -0.39 is 47.9 Å². The van der Waals surface area contributed by atoms with Gasteiger partial charge in [0.15, 0.2) is 0 Å². The van der Waals surface area contributed by atoms with Crippen molar-refractivity contribution in [1.29, 1.82) is 0 Å². The van der Waals surface area contributed by atoms with E-state index in [0.717, 1.165) is 0 Å². The molecule has 0 saturated heterocycles. The second-order valence-corrected chi connectivity index (χ2v) is 8.54. The summed E-state index contributed by atoms with van der Waals surface area (Å²) in [7, 11) is 0. The molecule has 0 aliphatic heterocycles. The number of rotatable bonds is 15. The summed E-state index contributed by atoms with van der Waals surface area (Å²) in [4.78, 5) is 49.4. The number of hydrogen-bond donors (Lipinski definition) is 6. The van der Waals surface area contributed by atoms with Crippen molar-refractivity contribution >= 4 is 23.7 Å². The maximum Gasteiger partial charge on any atom is 0.326 e. The highest BCUT2D eigenvalue weighted by atomic mass is 16.4. The van der Waals surface area contributed by atoms with Crippen LogP contribution < -0.4 is 27.4 Å². The van der Waals surface area contributed by atoms with Crippen LogP contribution in [0.2, 0.25) is 0 Å². The maximum atomic E-state index is 12.9. The molecule has 10 heteroatoms. The summed E-state index contributed by atoms with van der Waals surface area (Å²) in [5.41, 5.74) is 11.1. The normalized spacial score (nSPS) is 16.0. The van der Waals surface area contributed by atoms with Gasteiger partial charge >= 0.3 is 5.97 Å². The van der Waals surface area contributed by atoms with E-state index >= 15 is 0 Å². The zero-order valence-electron chi connectivity index (χ0n) is 19.4. The van der Waals surface area contributed by atoms with Gasteiger partial charge in [0.25, 0.3) is 0 Å². The van der Waals surface area contributed by atoms with Crippen LogP contribution in [0.5, 0.6) is 0 Å². The van der Waals surface area contributed by atoms with Crippen LogP contribution in [0.15, 0.2) is 0 Å². The fourth-order valence-electron chi connectivity index (χ4n) is 2.98. The summed E-state index contributed by atoms with van der Waals surface area (Å²) < 4.78 is 0. The SMILES string of the molecule is CCC(C)C(NC(=O)C(CCCCN)NC(=O)C(CC(C)C)NC(=O)C(C)N)C(=O)O. The zero-order valence-corrected chi connectivity index (χ0v) is 19.4. The van der Waals surface area contributed by atoms with Crippen molar-refractivity contribution < 1.29 is 24.3 Å². The second kappa shape index (κ2) is 14.7. The Morgan fingerprint density at radius 2 is 1.42 bits per heavy atom. The molecule has 0 bridgehead atoms. The van der Waals surface area contributed by atoms with Gasteiger partial charge in [-0.05, 0) is 51.0 Å². The molecule has 5 unspecified atom stereocenters. The Kier molecular flexibility index (Phi) is 13.7. The van der Waals surface area contributed by atoms with Crippen LogP contribution in [0.25, 0.3) is 0 Å². The van der Waals surface area contributed by atoms with E-state index in [1.807, 2.05) is 20.8 Å². The number of carboxylic acids is 1. The number of unbranched alkanes of at least 4 members (excludes halogenated alkanes) is 1. The Labute approximate surface area is 185 Å². The minimum absolute atomic E-state index is 0.107. The number of nitrogens with one attached hydrogen (secondary N) is 3. The molecule has 0 aromatic rings. The molecule has 31 heavy (non-hydrogen) atoms. The Morgan fingerprint density at radius 1 is 0.871 bits per heavy atom. The highest BCUT2D eigenvalue weighted by Gasteiger charge is 2.31. The van der Waals surface area contributed by atoms with Gasteiger partial charge in [0.1, 0.15) is 18.1 Å². The van der Waals surface area contributed by atoms with Crippen LogP contribution in [-0.4, -0.2) is 59.5 Å². The van der Waals surface area contributed by atoms with E-state index in [2.05, 4.69) is 16.0 Å². The molecular weight excluding hydrogens is 402 g/mol. The van der Waals surface area contributed by atoms with E-state index in [1.165, 1.54) is 6.92 Å². The van der Waals surface area contributed by atoms with Crippen molar-refractivity contribution in [2.45, 2.75) is 90.9 Å².